The molecule has 1 aliphatic rings. The van der Waals surface area contributed by atoms with E-state index in [1.165, 1.54) is 41.6 Å². The molecule has 0 aliphatic heterocycles. The Kier molecular flexibility index (Phi) is 4.82. The largest absolute Gasteiger partial charge is 0.384 e. The first kappa shape index (κ1) is 14.5. The quantitative estimate of drug-likeness (QED) is 0.766. The number of benzene rings is 2. The van der Waals surface area contributed by atoms with Crippen LogP contribution >= 0.6 is 11.6 Å². The van der Waals surface area contributed by atoms with E-state index in [0.717, 1.165) is 13.0 Å². The van der Waals surface area contributed by atoms with E-state index >= 15 is 0 Å². The molecule has 1 atom stereocenters. The topological polar surface area (TPSA) is 12.0 Å². The molecule has 1 aliphatic carbocycles. The monoisotopic (exact) mass is 299 g/mol. The molecule has 110 valence electrons. The summed E-state index contributed by atoms with van der Waals surface area (Å²) in [4.78, 5) is 0. The highest BCUT2D eigenvalue weighted by molar-refractivity contribution is 6.17. The van der Waals surface area contributed by atoms with Crippen LogP contribution in [0.25, 0.3) is 0 Å². The van der Waals surface area contributed by atoms with Gasteiger partial charge < -0.3 is 5.32 Å². The van der Waals surface area contributed by atoms with Crippen molar-refractivity contribution in [1.29, 1.82) is 0 Å². The molecule has 0 fully saturated rings. The number of fused-ring (bicyclic) bond motifs is 1. The molecule has 0 aromatic heterocycles. The Morgan fingerprint density at radius 3 is 2.67 bits per heavy atom. The number of anilines is 1. The molecule has 0 bridgehead atoms. The first-order valence-electron chi connectivity index (χ1n) is 7.83. The van der Waals surface area contributed by atoms with Gasteiger partial charge in [-0.2, -0.15) is 0 Å². The fourth-order valence-electron chi connectivity index (χ4n) is 3.21. The summed E-state index contributed by atoms with van der Waals surface area (Å²) in [5.41, 5.74) is 5.58. The van der Waals surface area contributed by atoms with E-state index in [9.17, 15) is 0 Å². The number of rotatable bonds is 5. The molecule has 0 spiro atoms. The molecule has 0 heterocycles. The number of hydrogen-bond donors (Lipinski definition) is 1. The highest BCUT2D eigenvalue weighted by atomic mass is 35.5. The lowest BCUT2D eigenvalue weighted by Crippen LogP contribution is -2.18. The Morgan fingerprint density at radius 1 is 1.05 bits per heavy atom. The van der Waals surface area contributed by atoms with Gasteiger partial charge in [0, 0.05) is 24.0 Å². The van der Waals surface area contributed by atoms with Crippen LogP contribution in [-0.2, 0) is 12.8 Å². The summed E-state index contributed by atoms with van der Waals surface area (Å²) in [5, 5.41) is 3.59. The summed E-state index contributed by atoms with van der Waals surface area (Å²) < 4.78 is 0. The molecular formula is C19H22ClN. The summed E-state index contributed by atoms with van der Waals surface area (Å²) in [7, 11) is 0. The van der Waals surface area contributed by atoms with E-state index in [0.29, 0.717) is 11.8 Å². The highest BCUT2D eigenvalue weighted by Crippen LogP contribution is 2.31. The molecular weight excluding hydrogens is 278 g/mol. The van der Waals surface area contributed by atoms with Crippen LogP contribution < -0.4 is 5.32 Å². The molecule has 1 N–H and O–H groups in total. The molecule has 21 heavy (non-hydrogen) atoms. The van der Waals surface area contributed by atoms with Gasteiger partial charge in [-0.05, 0) is 54.5 Å². The molecule has 0 radical (unpaired) electrons. The van der Waals surface area contributed by atoms with Gasteiger partial charge >= 0.3 is 0 Å². The minimum Gasteiger partial charge on any atom is -0.384 e. The maximum Gasteiger partial charge on any atom is 0.0340 e. The number of aryl methyl sites for hydroxylation is 2. The van der Waals surface area contributed by atoms with Crippen LogP contribution in [-0.4, -0.2) is 12.4 Å². The fourth-order valence-corrected chi connectivity index (χ4v) is 3.42. The van der Waals surface area contributed by atoms with Crippen molar-refractivity contribution in [3.63, 3.8) is 0 Å². The van der Waals surface area contributed by atoms with Crippen molar-refractivity contribution in [2.75, 3.05) is 17.7 Å². The van der Waals surface area contributed by atoms with Crippen LogP contribution in [0.3, 0.4) is 0 Å². The first-order chi connectivity index (χ1) is 10.4. The Morgan fingerprint density at radius 2 is 1.86 bits per heavy atom. The lowest BCUT2D eigenvalue weighted by atomic mass is 9.83. The van der Waals surface area contributed by atoms with Crippen LogP contribution in [0.2, 0.25) is 0 Å². The van der Waals surface area contributed by atoms with Crippen molar-refractivity contribution in [2.24, 2.45) is 0 Å². The zero-order valence-electron chi connectivity index (χ0n) is 12.3. The van der Waals surface area contributed by atoms with Crippen molar-refractivity contribution in [2.45, 2.75) is 31.6 Å². The fraction of sp³-hybridized carbons (Fsp3) is 0.368. The van der Waals surface area contributed by atoms with Gasteiger partial charge in [0.05, 0.1) is 0 Å². The molecule has 3 rings (SSSR count). The van der Waals surface area contributed by atoms with Crippen molar-refractivity contribution < 1.29 is 0 Å². The highest BCUT2D eigenvalue weighted by Gasteiger charge is 2.19. The van der Waals surface area contributed by atoms with E-state index in [4.69, 9.17) is 11.6 Å². The average Bonchev–Trinajstić information content (AvgIpc) is 2.54. The summed E-state index contributed by atoms with van der Waals surface area (Å²) in [6.45, 7) is 1.02. The van der Waals surface area contributed by atoms with E-state index in [2.05, 4.69) is 53.8 Å². The third kappa shape index (κ3) is 3.59. The average molecular weight is 300 g/mol. The lowest BCUT2D eigenvalue weighted by molar-refractivity contribution is 0.572. The lowest BCUT2D eigenvalue weighted by Gasteiger charge is -2.26. The van der Waals surface area contributed by atoms with Crippen LogP contribution in [0.15, 0.2) is 48.5 Å². The Bertz CT molecular complexity index is 576. The molecule has 2 aromatic carbocycles. The normalized spacial score (nSPS) is 17.3. The predicted molar refractivity (Wildman–Crippen MR) is 91.5 cm³/mol. The first-order valence-corrected chi connectivity index (χ1v) is 8.37. The van der Waals surface area contributed by atoms with Gasteiger partial charge in [0.15, 0.2) is 0 Å². The van der Waals surface area contributed by atoms with E-state index < -0.39 is 0 Å². The van der Waals surface area contributed by atoms with Gasteiger partial charge in [0.25, 0.3) is 0 Å². The summed E-state index contributed by atoms with van der Waals surface area (Å²) in [6.07, 6.45) is 4.77. The van der Waals surface area contributed by atoms with Crippen LogP contribution in [0.5, 0.6) is 0 Å². The second-order valence-electron chi connectivity index (χ2n) is 5.80. The van der Waals surface area contributed by atoms with Gasteiger partial charge in [0.1, 0.15) is 0 Å². The number of nitrogens with one attached hydrogen (secondary N) is 1. The smallest absolute Gasteiger partial charge is 0.0340 e. The van der Waals surface area contributed by atoms with Crippen molar-refractivity contribution >= 4 is 17.3 Å². The Labute approximate surface area is 132 Å². The standard InChI is InChI=1S/C19H22ClN/c20-13-12-15-8-10-18(11-9-15)21-14-17-6-3-5-16-4-1-2-7-19(16)17/h1-2,4,7-11,17,21H,3,5-6,12-14H2. The van der Waals surface area contributed by atoms with Gasteiger partial charge in [0.2, 0.25) is 0 Å². The summed E-state index contributed by atoms with van der Waals surface area (Å²) >= 11 is 5.77. The Balaban J connectivity index is 1.63. The van der Waals surface area contributed by atoms with Crippen molar-refractivity contribution in [1.82, 2.24) is 0 Å². The van der Waals surface area contributed by atoms with Crippen molar-refractivity contribution in [3.05, 3.63) is 65.2 Å². The van der Waals surface area contributed by atoms with E-state index in [1.54, 1.807) is 0 Å². The number of alkyl halides is 1. The maximum atomic E-state index is 5.77. The maximum absolute atomic E-state index is 5.77. The number of hydrogen-bond acceptors (Lipinski definition) is 1. The molecule has 1 unspecified atom stereocenters. The van der Waals surface area contributed by atoms with Gasteiger partial charge in [-0.15, -0.1) is 11.6 Å². The molecule has 2 heteroatoms. The van der Waals surface area contributed by atoms with E-state index in [1.807, 2.05) is 0 Å². The molecule has 0 saturated heterocycles. The van der Waals surface area contributed by atoms with Gasteiger partial charge in [-0.1, -0.05) is 36.4 Å². The predicted octanol–water partition coefficient (Wildman–Crippen LogP) is 5.00. The van der Waals surface area contributed by atoms with Crippen LogP contribution in [0.4, 0.5) is 5.69 Å². The molecule has 0 amide bonds. The summed E-state index contributed by atoms with van der Waals surface area (Å²) in [6, 6.07) is 17.6. The second-order valence-corrected chi connectivity index (χ2v) is 6.18. The second kappa shape index (κ2) is 7.00. The minimum absolute atomic E-state index is 0.637. The third-order valence-electron chi connectivity index (χ3n) is 4.38. The molecule has 0 saturated carbocycles. The number of halogens is 1. The van der Waals surface area contributed by atoms with E-state index in [-0.39, 0.29) is 0 Å². The Hall–Kier alpha value is -1.47. The van der Waals surface area contributed by atoms with Gasteiger partial charge in [-0.3, -0.25) is 0 Å². The third-order valence-corrected chi connectivity index (χ3v) is 4.57. The SMILES string of the molecule is ClCCc1ccc(NCC2CCCc3ccccc32)cc1. The molecule has 2 aromatic rings. The van der Waals surface area contributed by atoms with Crippen molar-refractivity contribution in [3.8, 4) is 0 Å². The zero-order chi connectivity index (χ0) is 14.5. The van der Waals surface area contributed by atoms with Gasteiger partial charge in [-0.25, -0.2) is 0 Å². The van der Waals surface area contributed by atoms with Crippen LogP contribution in [0.1, 0.15) is 35.4 Å². The summed E-state index contributed by atoms with van der Waals surface area (Å²) in [5.74, 6) is 1.32. The van der Waals surface area contributed by atoms with Crippen LogP contribution in [0, 0.1) is 0 Å². The molecule has 1 nitrogen and oxygen atoms in total. The minimum atomic E-state index is 0.637. The zero-order valence-corrected chi connectivity index (χ0v) is 13.1.